The smallest absolute Gasteiger partial charge is 0.227 e. The van der Waals surface area contributed by atoms with Gasteiger partial charge in [-0.15, -0.1) is 0 Å². The fourth-order valence-corrected chi connectivity index (χ4v) is 1.24. The third-order valence-electron chi connectivity index (χ3n) is 0.940. The summed E-state index contributed by atoms with van der Waals surface area (Å²) in [4.78, 5) is 18.3. The lowest BCUT2D eigenvalue weighted by Gasteiger charge is -1.95. The van der Waals surface area contributed by atoms with Crippen LogP contribution in [0.15, 0.2) is 22.0 Å². The number of thioether (sulfide) groups is 1. The molecule has 2 N–H and O–H groups in total. The summed E-state index contributed by atoms with van der Waals surface area (Å²) in [6.45, 7) is 0. The first-order valence-corrected chi connectivity index (χ1v) is 4.85. The van der Waals surface area contributed by atoms with E-state index in [0.717, 1.165) is 4.47 Å². The molecule has 0 aliphatic heterocycles. The van der Waals surface area contributed by atoms with Crippen LogP contribution >= 0.6 is 27.7 Å². The van der Waals surface area contributed by atoms with Crippen LogP contribution in [0.5, 0.6) is 0 Å². The summed E-state index contributed by atoms with van der Waals surface area (Å²) in [7, 11) is 0. The molecule has 0 bridgehead atoms. The molecule has 4 nitrogen and oxygen atoms in total. The van der Waals surface area contributed by atoms with Gasteiger partial charge in [0, 0.05) is 12.4 Å². The normalized spacial score (nSPS) is 9.75. The molecule has 0 atom stereocenters. The summed E-state index contributed by atoms with van der Waals surface area (Å²) in [6.07, 6.45) is 3.24. The Morgan fingerprint density at radius 3 is 2.67 bits per heavy atom. The molecule has 1 rings (SSSR count). The maximum Gasteiger partial charge on any atom is 0.227 e. The molecule has 0 aromatic carbocycles. The molecule has 0 saturated carbocycles. The van der Waals surface area contributed by atoms with E-state index in [4.69, 9.17) is 5.73 Å². The standard InChI is InChI=1S/C6H6BrN3OS/c7-4-1-9-6(10-2-4)12-3-5(8)11/h1-2H,3H2,(H2,8,11). The van der Waals surface area contributed by atoms with Gasteiger partial charge in [-0.05, 0) is 15.9 Å². The largest absolute Gasteiger partial charge is 0.369 e. The van der Waals surface area contributed by atoms with Gasteiger partial charge in [0.05, 0.1) is 10.2 Å². The Balaban J connectivity index is 2.53. The Hall–Kier alpha value is -0.620. The van der Waals surface area contributed by atoms with Crippen LogP contribution in [0.4, 0.5) is 0 Å². The van der Waals surface area contributed by atoms with Crippen molar-refractivity contribution in [1.82, 2.24) is 9.97 Å². The third kappa shape index (κ3) is 3.19. The zero-order valence-corrected chi connectivity index (χ0v) is 8.43. The molecule has 64 valence electrons. The van der Waals surface area contributed by atoms with Crippen molar-refractivity contribution in [3.8, 4) is 0 Å². The van der Waals surface area contributed by atoms with Gasteiger partial charge in [0.15, 0.2) is 5.16 Å². The summed E-state index contributed by atoms with van der Waals surface area (Å²) < 4.78 is 0.811. The third-order valence-corrected chi connectivity index (χ3v) is 2.25. The highest BCUT2D eigenvalue weighted by Crippen LogP contribution is 2.13. The number of halogens is 1. The first kappa shape index (κ1) is 9.47. The summed E-state index contributed by atoms with van der Waals surface area (Å²) in [5.74, 6) is -0.159. The predicted octanol–water partition coefficient (Wildman–Crippen LogP) is 0.817. The Bertz CT molecular complexity index is 277. The SMILES string of the molecule is NC(=O)CSc1ncc(Br)cn1. The van der Waals surface area contributed by atoms with E-state index < -0.39 is 0 Å². The molecule has 1 aromatic heterocycles. The first-order chi connectivity index (χ1) is 5.68. The molecule has 6 heteroatoms. The first-order valence-electron chi connectivity index (χ1n) is 3.07. The number of nitrogens with zero attached hydrogens (tertiary/aromatic N) is 2. The van der Waals surface area contributed by atoms with E-state index in [1.165, 1.54) is 11.8 Å². The number of primary amides is 1. The molecule has 0 aliphatic carbocycles. The minimum absolute atomic E-state index is 0.210. The van der Waals surface area contributed by atoms with Gasteiger partial charge in [-0.1, -0.05) is 11.8 Å². The van der Waals surface area contributed by atoms with Gasteiger partial charge in [0.1, 0.15) is 0 Å². The topological polar surface area (TPSA) is 68.9 Å². The van der Waals surface area contributed by atoms with Crippen molar-refractivity contribution in [2.75, 3.05) is 5.75 Å². The lowest BCUT2D eigenvalue weighted by atomic mass is 10.7. The number of nitrogens with two attached hydrogens (primary N) is 1. The number of carbonyl (C=O) groups excluding carboxylic acids is 1. The second kappa shape index (κ2) is 4.42. The molecule has 1 amide bonds. The monoisotopic (exact) mass is 247 g/mol. The summed E-state index contributed by atoms with van der Waals surface area (Å²) in [6, 6.07) is 0. The van der Waals surface area contributed by atoms with Crippen LogP contribution in [0.25, 0.3) is 0 Å². The number of amides is 1. The molecule has 0 aliphatic rings. The summed E-state index contributed by atoms with van der Waals surface area (Å²) in [5, 5.41) is 0.553. The molecule has 0 radical (unpaired) electrons. The predicted molar refractivity (Wildman–Crippen MR) is 49.7 cm³/mol. The van der Waals surface area contributed by atoms with Crippen molar-refractivity contribution in [2.45, 2.75) is 5.16 Å². The zero-order valence-electron chi connectivity index (χ0n) is 6.03. The summed E-state index contributed by atoms with van der Waals surface area (Å²) in [5.41, 5.74) is 4.95. The minimum atomic E-state index is -0.369. The fourth-order valence-electron chi connectivity index (χ4n) is 0.511. The van der Waals surface area contributed by atoms with Gasteiger partial charge in [-0.25, -0.2) is 9.97 Å². The highest BCUT2D eigenvalue weighted by atomic mass is 79.9. The van der Waals surface area contributed by atoms with Crippen molar-refractivity contribution < 1.29 is 4.79 Å². The van der Waals surface area contributed by atoms with E-state index >= 15 is 0 Å². The molecular formula is C6H6BrN3OS. The molecule has 0 fully saturated rings. The van der Waals surface area contributed by atoms with Gasteiger partial charge in [0.25, 0.3) is 0 Å². The van der Waals surface area contributed by atoms with E-state index in [-0.39, 0.29) is 11.7 Å². The molecular weight excluding hydrogens is 242 g/mol. The number of hydrogen-bond acceptors (Lipinski definition) is 4. The second-order valence-electron chi connectivity index (χ2n) is 1.94. The van der Waals surface area contributed by atoms with Crippen molar-refractivity contribution in [2.24, 2.45) is 5.73 Å². The van der Waals surface area contributed by atoms with E-state index in [2.05, 4.69) is 25.9 Å². The quantitative estimate of drug-likeness (QED) is 0.635. The van der Waals surface area contributed by atoms with Crippen molar-refractivity contribution in [3.63, 3.8) is 0 Å². The lowest BCUT2D eigenvalue weighted by Crippen LogP contribution is -2.13. The molecule has 0 unspecified atom stereocenters. The van der Waals surface area contributed by atoms with Gasteiger partial charge in [0.2, 0.25) is 5.91 Å². The Kier molecular flexibility index (Phi) is 3.48. The van der Waals surface area contributed by atoms with E-state index in [1.54, 1.807) is 12.4 Å². The summed E-state index contributed by atoms with van der Waals surface area (Å²) >= 11 is 4.42. The number of rotatable bonds is 3. The highest BCUT2D eigenvalue weighted by molar-refractivity contribution is 9.10. The maximum absolute atomic E-state index is 10.4. The molecule has 12 heavy (non-hydrogen) atoms. The van der Waals surface area contributed by atoms with Crippen LogP contribution in [0, 0.1) is 0 Å². The molecule has 0 saturated heterocycles. The van der Waals surface area contributed by atoms with Crippen molar-refractivity contribution >= 4 is 33.6 Å². The Morgan fingerprint density at radius 1 is 1.58 bits per heavy atom. The maximum atomic E-state index is 10.4. The van der Waals surface area contributed by atoms with Gasteiger partial charge in [-0.2, -0.15) is 0 Å². The number of aromatic nitrogens is 2. The van der Waals surface area contributed by atoms with Crippen LogP contribution in [0.1, 0.15) is 0 Å². The van der Waals surface area contributed by atoms with Gasteiger partial charge < -0.3 is 5.73 Å². The van der Waals surface area contributed by atoms with Crippen molar-refractivity contribution in [1.29, 1.82) is 0 Å². The molecule has 1 aromatic rings. The van der Waals surface area contributed by atoms with Crippen molar-refractivity contribution in [3.05, 3.63) is 16.9 Å². The molecule has 0 spiro atoms. The van der Waals surface area contributed by atoms with Gasteiger partial charge >= 0.3 is 0 Å². The number of hydrogen-bond donors (Lipinski definition) is 1. The van der Waals surface area contributed by atoms with Crippen LogP contribution < -0.4 is 5.73 Å². The minimum Gasteiger partial charge on any atom is -0.369 e. The average molecular weight is 248 g/mol. The second-order valence-corrected chi connectivity index (χ2v) is 3.80. The van der Waals surface area contributed by atoms with Crippen LogP contribution in [-0.4, -0.2) is 21.6 Å². The van der Waals surface area contributed by atoms with Crippen LogP contribution in [0.2, 0.25) is 0 Å². The van der Waals surface area contributed by atoms with Gasteiger partial charge in [-0.3, -0.25) is 4.79 Å². The average Bonchev–Trinajstić information content (AvgIpc) is 2.03. The Morgan fingerprint density at radius 2 is 2.17 bits per heavy atom. The molecule has 1 heterocycles. The fraction of sp³-hybridized carbons (Fsp3) is 0.167. The van der Waals surface area contributed by atoms with E-state index in [1.807, 2.05) is 0 Å². The van der Waals surface area contributed by atoms with E-state index in [0.29, 0.717) is 5.16 Å². The van der Waals surface area contributed by atoms with Crippen LogP contribution in [0.3, 0.4) is 0 Å². The number of carbonyl (C=O) groups is 1. The van der Waals surface area contributed by atoms with Crippen LogP contribution in [-0.2, 0) is 4.79 Å². The Labute approximate surface area is 82.1 Å². The highest BCUT2D eigenvalue weighted by Gasteiger charge is 1.99. The zero-order chi connectivity index (χ0) is 8.97. The lowest BCUT2D eigenvalue weighted by molar-refractivity contribution is -0.115. The van der Waals surface area contributed by atoms with E-state index in [9.17, 15) is 4.79 Å².